The van der Waals surface area contributed by atoms with Gasteiger partial charge in [0.15, 0.2) is 0 Å². The maximum absolute atomic E-state index is 14.9. The Morgan fingerprint density at radius 1 is 1.03 bits per heavy atom. The number of nitrogens with zero attached hydrogens (tertiary/aromatic N) is 1. The minimum atomic E-state index is -1.44. The molecule has 0 aromatic heterocycles. The molecule has 4 rings (SSSR count). The number of hydrogen-bond donors (Lipinski definition) is 1. The lowest BCUT2D eigenvalue weighted by Crippen LogP contribution is -2.56. The molecule has 0 radical (unpaired) electrons. The van der Waals surface area contributed by atoms with Gasteiger partial charge in [-0.3, -0.25) is 19.7 Å². The molecule has 0 saturated carbocycles. The first-order chi connectivity index (χ1) is 16.4. The first-order valence-corrected chi connectivity index (χ1v) is 11.7. The number of halogens is 1. The standard InChI is InChI=1S/C26H29FN2O5/c1-4-15-26(25(32)34-6-3)21-20(22(28-26)18-9-7-8-10-19(18)27)23(30)29(24(21)31)16-11-13-17(14-12-16)33-5-2/h7-14,20-22,28H,4-6,15H2,1-3H3/t20-,21+,22+,26-/m0/s1. The fraction of sp³-hybridized carbons (Fsp3) is 0.423. The Hall–Kier alpha value is -3.26. The zero-order chi connectivity index (χ0) is 24.5. The third-order valence-electron chi connectivity index (χ3n) is 6.58. The Labute approximate surface area is 198 Å². The van der Waals surface area contributed by atoms with Crippen molar-refractivity contribution < 1.29 is 28.2 Å². The second-order valence-electron chi connectivity index (χ2n) is 8.53. The van der Waals surface area contributed by atoms with Crippen LogP contribution in [-0.2, 0) is 19.1 Å². The van der Waals surface area contributed by atoms with Crippen molar-refractivity contribution in [2.24, 2.45) is 11.8 Å². The summed E-state index contributed by atoms with van der Waals surface area (Å²) < 4.78 is 25.7. The highest BCUT2D eigenvalue weighted by molar-refractivity contribution is 6.24. The predicted octanol–water partition coefficient (Wildman–Crippen LogP) is 3.78. The summed E-state index contributed by atoms with van der Waals surface area (Å²) >= 11 is 0. The van der Waals surface area contributed by atoms with E-state index in [9.17, 15) is 18.8 Å². The molecular weight excluding hydrogens is 439 g/mol. The van der Waals surface area contributed by atoms with Crippen molar-refractivity contribution in [2.45, 2.75) is 45.2 Å². The Kier molecular flexibility index (Phi) is 6.70. The van der Waals surface area contributed by atoms with E-state index < -0.39 is 47.0 Å². The van der Waals surface area contributed by atoms with Gasteiger partial charge in [0.25, 0.3) is 0 Å². The summed E-state index contributed by atoms with van der Waals surface area (Å²) in [5, 5.41) is 3.20. The predicted molar refractivity (Wildman–Crippen MR) is 124 cm³/mol. The fourth-order valence-corrected chi connectivity index (χ4v) is 5.28. The van der Waals surface area contributed by atoms with Crippen LogP contribution in [0.4, 0.5) is 10.1 Å². The molecule has 0 aliphatic carbocycles. The second-order valence-corrected chi connectivity index (χ2v) is 8.53. The van der Waals surface area contributed by atoms with Crippen molar-refractivity contribution >= 4 is 23.5 Å². The number of fused-ring (bicyclic) bond motifs is 1. The van der Waals surface area contributed by atoms with Crippen molar-refractivity contribution in [3.05, 3.63) is 59.9 Å². The van der Waals surface area contributed by atoms with Gasteiger partial charge in [-0.2, -0.15) is 0 Å². The molecular formula is C26H29FN2O5. The largest absolute Gasteiger partial charge is 0.494 e. The number of hydrogen-bond acceptors (Lipinski definition) is 6. The first kappa shape index (κ1) is 23.9. The fourth-order valence-electron chi connectivity index (χ4n) is 5.28. The van der Waals surface area contributed by atoms with E-state index in [1.54, 1.807) is 49.4 Å². The molecule has 8 heteroatoms. The van der Waals surface area contributed by atoms with Gasteiger partial charge in [-0.15, -0.1) is 0 Å². The van der Waals surface area contributed by atoms with Crippen LogP contribution >= 0.6 is 0 Å². The summed E-state index contributed by atoms with van der Waals surface area (Å²) in [5.41, 5.74) is -0.807. The van der Waals surface area contributed by atoms with E-state index in [0.717, 1.165) is 4.90 Å². The average molecular weight is 469 g/mol. The molecule has 2 aromatic carbocycles. The summed E-state index contributed by atoms with van der Waals surface area (Å²) in [4.78, 5) is 41.9. The van der Waals surface area contributed by atoms with Gasteiger partial charge in [0.1, 0.15) is 17.1 Å². The van der Waals surface area contributed by atoms with E-state index in [2.05, 4.69) is 5.32 Å². The van der Waals surface area contributed by atoms with Crippen LogP contribution in [-0.4, -0.2) is 36.5 Å². The third-order valence-corrected chi connectivity index (χ3v) is 6.58. The van der Waals surface area contributed by atoms with E-state index in [1.165, 1.54) is 6.07 Å². The second kappa shape index (κ2) is 9.54. The number of carbonyl (C=O) groups is 3. The van der Waals surface area contributed by atoms with Gasteiger partial charge in [0.2, 0.25) is 11.8 Å². The first-order valence-electron chi connectivity index (χ1n) is 11.7. The van der Waals surface area contributed by atoms with Crippen molar-refractivity contribution in [2.75, 3.05) is 18.1 Å². The van der Waals surface area contributed by atoms with Crippen LogP contribution in [0.5, 0.6) is 5.75 Å². The van der Waals surface area contributed by atoms with Gasteiger partial charge >= 0.3 is 5.97 Å². The summed E-state index contributed by atoms with van der Waals surface area (Å²) in [6.07, 6.45) is 0.831. The van der Waals surface area contributed by atoms with Crippen molar-refractivity contribution in [3.63, 3.8) is 0 Å². The summed E-state index contributed by atoms with van der Waals surface area (Å²) in [5.74, 6) is -3.42. The minimum absolute atomic E-state index is 0.123. The normalized spacial score (nSPS) is 26.0. The SMILES string of the molecule is CCC[C@]1(C(=O)OCC)N[C@H](c2ccccc2F)[C@H]2C(=O)N(c3ccc(OCC)cc3)C(=O)[C@@H]21. The van der Waals surface area contributed by atoms with E-state index in [1.807, 2.05) is 13.8 Å². The minimum Gasteiger partial charge on any atom is -0.494 e. The highest BCUT2D eigenvalue weighted by Crippen LogP contribution is 2.52. The van der Waals surface area contributed by atoms with E-state index in [0.29, 0.717) is 24.5 Å². The van der Waals surface area contributed by atoms with E-state index in [4.69, 9.17) is 9.47 Å². The van der Waals surface area contributed by atoms with Crippen molar-refractivity contribution in [1.82, 2.24) is 5.32 Å². The molecule has 2 aliphatic rings. The molecule has 4 atom stereocenters. The highest BCUT2D eigenvalue weighted by atomic mass is 19.1. The average Bonchev–Trinajstić information content (AvgIpc) is 3.30. The van der Waals surface area contributed by atoms with Crippen LogP contribution in [0.2, 0.25) is 0 Å². The molecule has 0 spiro atoms. The molecule has 2 aromatic rings. The van der Waals surface area contributed by atoms with E-state index in [-0.39, 0.29) is 18.6 Å². The Morgan fingerprint density at radius 2 is 1.74 bits per heavy atom. The van der Waals surface area contributed by atoms with Gasteiger partial charge in [-0.1, -0.05) is 31.5 Å². The smallest absolute Gasteiger partial charge is 0.327 e. The zero-order valence-electron chi connectivity index (χ0n) is 19.5. The Morgan fingerprint density at radius 3 is 2.35 bits per heavy atom. The van der Waals surface area contributed by atoms with Crippen LogP contribution in [0.25, 0.3) is 0 Å². The molecule has 0 bridgehead atoms. The Bertz CT molecular complexity index is 1090. The molecule has 2 amide bonds. The van der Waals surface area contributed by atoms with Crippen molar-refractivity contribution in [3.8, 4) is 5.75 Å². The lowest BCUT2D eigenvalue weighted by atomic mass is 9.77. The molecule has 7 nitrogen and oxygen atoms in total. The van der Waals surface area contributed by atoms with Crippen LogP contribution in [0, 0.1) is 17.7 Å². The Balaban J connectivity index is 1.83. The number of anilines is 1. The highest BCUT2D eigenvalue weighted by Gasteiger charge is 2.68. The summed E-state index contributed by atoms with van der Waals surface area (Å²) in [6, 6.07) is 11.9. The van der Waals surface area contributed by atoms with Crippen LogP contribution in [0.15, 0.2) is 48.5 Å². The van der Waals surface area contributed by atoms with Gasteiger partial charge in [-0.05, 0) is 50.6 Å². The third kappa shape index (κ3) is 3.76. The molecule has 1 N–H and O–H groups in total. The number of rotatable bonds is 8. The number of ether oxygens (including phenoxy) is 2. The monoisotopic (exact) mass is 468 g/mol. The van der Waals surface area contributed by atoms with Crippen LogP contribution < -0.4 is 15.0 Å². The van der Waals surface area contributed by atoms with E-state index >= 15 is 0 Å². The number of benzene rings is 2. The van der Waals surface area contributed by atoms with Crippen LogP contribution in [0.3, 0.4) is 0 Å². The number of esters is 1. The molecule has 2 saturated heterocycles. The summed E-state index contributed by atoms with van der Waals surface area (Å²) in [7, 11) is 0. The maximum Gasteiger partial charge on any atom is 0.327 e. The van der Waals surface area contributed by atoms with Crippen molar-refractivity contribution in [1.29, 1.82) is 0 Å². The van der Waals surface area contributed by atoms with Crippen LogP contribution in [0.1, 0.15) is 45.2 Å². The summed E-state index contributed by atoms with van der Waals surface area (Å²) in [6.45, 7) is 6.05. The zero-order valence-corrected chi connectivity index (χ0v) is 19.5. The molecule has 2 aliphatic heterocycles. The number of carbonyl (C=O) groups excluding carboxylic acids is 3. The quantitative estimate of drug-likeness (QED) is 0.469. The lowest BCUT2D eigenvalue weighted by molar-refractivity contribution is -0.155. The molecule has 2 heterocycles. The number of imide groups is 1. The molecule has 34 heavy (non-hydrogen) atoms. The topological polar surface area (TPSA) is 84.9 Å². The maximum atomic E-state index is 14.9. The number of amides is 2. The van der Waals surface area contributed by atoms with Gasteiger partial charge in [0, 0.05) is 11.6 Å². The van der Waals surface area contributed by atoms with Gasteiger partial charge in [-0.25, -0.2) is 9.29 Å². The molecule has 0 unspecified atom stereocenters. The van der Waals surface area contributed by atoms with Gasteiger partial charge in [0.05, 0.1) is 30.7 Å². The molecule has 2 fully saturated rings. The number of nitrogens with one attached hydrogen (secondary N) is 1. The van der Waals surface area contributed by atoms with Gasteiger partial charge < -0.3 is 9.47 Å². The lowest BCUT2D eigenvalue weighted by Gasteiger charge is -2.32. The molecule has 180 valence electrons.